The molecule has 0 aliphatic carbocycles. The van der Waals surface area contributed by atoms with E-state index in [1.165, 1.54) is 6.21 Å². The molecule has 1 saturated heterocycles. The van der Waals surface area contributed by atoms with Gasteiger partial charge in [0.2, 0.25) is 11.8 Å². The number of rotatable bonds is 4. The van der Waals surface area contributed by atoms with Crippen LogP contribution in [0.4, 0.5) is 5.69 Å². The topological polar surface area (TPSA) is 61.8 Å². The third-order valence-electron chi connectivity index (χ3n) is 3.92. The Morgan fingerprint density at radius 2 is 1.92 bits per heavy atom. The second kappa shape index (κ2) is 7.68. The molecule has 0 aromatic heterocycles. The second-order valence-corrected chi connectivity index (χ2v) is 6.40. The van der Waals surface area contributed by atoms with Crippen molar-refractivity contribution in [1.29, 1.82) is 0 Å². The Balaban J connectivity index is 1.62. The largest absolute Gasteiger partial charge is 0.312 e. The molecule has 2 aromatic carbocycles. The van der Waals surface area contributed by atoms with Gasteiger partial charge in [0.1, 0.15) is 0 Å². The zero-order chi connectivity index (χ0) is 17.8. The van der Waals surface area contributed by atoms with Crippen molar-refractivity contribution in [1.82, 2.24) is 5.43 Å². The Morgan fingerprint density at radius 3 is 2.68 bits per heavy atom. The highest BCUT2D eigenvalue weighted by Crippen LogP contribution is 2.25. The number of nitrogens with one attached hydrogen (secondary N) is 1. The van der Waals surface area contributed by atoms with Crippen molar-refractivity contribution in [3.8, 4) is 0 Å². The monoisotopic (exact) mass is 375 g/mol. The summed E-state index contributed by atoms with van der Waals surface area (Å²) in [5, 5.41) is 4.70. The lowest BCUT2D eigenvalue weighted by Gasteiger charge is -2.16. The number of hydrogen-bond acceptors (Lipinski definition) is 3. The summed E-state index contributed by atoms with van der Waals surface area (Å²) in [6.07, 6.45) is 1.59. The van der Waals surface area contributed by atoms with E-state index in [1.807, 2.05) is 30.3 Å². The van der Waals surface area contributed by atoms with E-state index in [-0.39, 0.29) is 18.2 Å². The van der Waals surface area contributed by atoms with E-state index in [1.54, 1.807) is 23.1 Å². The molecule has 2 aromatic rings. The summed E-state index contributed by atoms with van der Waals surface area (Å²) in [4.78, 5) is 26.0. The van der Waals surface area contributed by atoms with Gasteiger partial charge in [0.25, 0.3) is 0 Å². The minimum absolute atomic E-state index is 0.0757. The van der Waals surface area contributed by atoms with E-state index in [0.717, 1.165) is 5.69 Å². The van der Waals surface area contributed by atoms with E-state index in [4.69, 9.17) is 23.2 Å². The summed E-state index contributed by atoms with van der Waals surface area (Å²) in [7, 11) is 0. The molecule has 1 aliphatic rings. The van der Waals surface area contributed by atoms with Crippen LogP contribution in [0.25, 0.3) is 0 Å². The molecule has 0 bridgehead atoms. The fourth-order valence-electron chi connectivity index (χ4n) is 2.62. The van der Waals surface area contributed by atoms with E-state index in [2.05, 4.69) is 10.5 Å². The van der Waals surface area contributed by atoms with Crippen LogP contribution in [0.3, 0.4) is 0 Å². The second-order valence-electron chi connectivity index (χ2n) is 5.62. The number of amides is 2. The van der Waals surface area contributed by atoms with Gasteiger partial charge in [-0.2, -0.15) is 5.10 Å². The van der Waals surface area contributed by atoms with Crippen LogP contribution >= 0.6 is 23.2 Å². The Labute approximate surface area is 155 Å². The van der Waals surface area contributed by atoms with Crippen LogP contribution in [0, 0.1) is 5.92 Å². The van der Waals surface area contributed by atoms with E-state index in [9.17, 15) is 9.59 Å². The van der Waals surface area contributed by atoms with Gasteiger partial charge in [0, 0.05) is 24.2 Å². The van der Waals surface area contributed by atoms with E-state index >= 15 is 0 Å². The summed E-state index contributed by atoms with van der Waals surface area (Å²) in [5.74, 6) is -0.825. The van der Waals surface area contributed by atoms with Crippen LogP contribution in [0.5, 0.6) is 0 Å². The van der Waals surface area contributed by atoms with Crippen LogP contribution in [-0.2, 0) is 9.59 Å². The maximum atomic E-state index is 12.2. The number of nitrogens with zero attached hydrogens (tertiary/aromatic N) is 2. The minimum atomic E-state index is -0.445. The fraction of sp³-hybridized carbons (Fsp3) is 0.167. The molecule has 7 heteroatoms. The number of halogens is 2. The van der Waals surface area contributed by atoms with Gasteiger partial charge in [0.05, 0.1) is 22.2 Å². The lowest BCUT2D eigenvalue weighted by atomic mass is 10.1. The van der Waals surface area contributed by atoms with Crippen LogP contribution in [0.1, 0.15) is 12.0 Å². The Hall–Kier alpha value is -2.37. The lowest BCUT2D eigenvalue weighted by Crippen LogP contribution is -2.30. The SMILES string of the molecule is O=C(N/N=C\c1cccc(Cl)c1Cl)[C@H]1CC(=O)N(c2ccccc2)C1. The first-order valence-electron chi connectivity index (χ1n) is 7.68. The zero-order valence-electron chi connectivity index (χ0n) is 13.2. The third-order valence-corrected chi connectivity index (χ3v) is 4.76. The van der Waals surface area contributed by atoms with E-state index < -0.39 is 5.92 Å². The van der Waals surface area contributed by atoms with Crippen molar-refractivity contribution in [2.75, 3.05) is 11.4 Å². The van der Waals surface area contributed by atoms with Gasteiger partial charge in [-0.25, -0.2) is 5.43 Å². The summed E-state index contributed by atoms with van der Waals surface area (Å²) < 4.78 is 0. The third kappa shape index (κ3) is 4.00. The van der Waals surface area contributed by atoms with Gasteiger partial charge in [0.15, 0.2) is 0 Å². The summed E-state index contributed by atoms with van der Waals surface area (Å²) in [5.41, 5.74) is 3.85. The standard InChI is InChI=1S/C18H15Cl2N3O2/c19-15-8-4-5-12(17(15)20)10-21-22-18(25)13-9-16(24)23(11-13)14-6-2-1-3-7-14/h1-8,10,13H,9,11H2,(H,22,25)/b21-10-/t13-/m0/s1. The first-order valence-corrected chi connectivity index (χ1v) is 8.44. The molecule has 2 amide bonds. The van der Waals surface area contributed by atoms with Crippen LogP contribution in [0.15, 0.2) is 53.6 Å². The number of para-hydroxylation sites is 1. The van der Waals surface area contributed by atoms with Crippen molar-refractivity contribution in [3.05, 3.63) is 64.1 Å². The molecule has 1 atom stereocenters. The van der Waals surface area contributed by atoms with Gasteiger partial charge in [-0.05, 0) is 18.2 Å². The predicted molar refractivity (Wildman–Crippen MR) is 99.1 cm³/mol. The highest BCUT2D eigenvalue weighted by atomic mass is 35.5. The van der Waals surface area contributed by atoms with Gasteiger partial charge < -0.3 is 4.90 Å². The van der Waals surface area contributed by atoms with Crippen molar-refractivity contribution >= 4 is 46.9 Å². The number of hydrazone groups is 1. The maximum absolute atomic E-state index is 12.2. The summed E-state index contributed by atoms with van der Waals surface area (Å²) in [6, 6.07) is 14.4. The number of anilines is 1. The van der Waals surface area contributed by atoms with Crippen LogP contribution in [0.2, 0.25) is 10.0 Å². The van der Waals surface area contributed by atoms with Gasteiger partial charge in [-0.3, -0.25) is 9.59 Å². The van der Waals surface area contributed by atoms with Crippen molar-refractivity contribution in [2.45, 2.75) is 6.42 Å². The molecule has 0 radical (unpaired) electrons. The first kappa shape index (κ1) is 17.5. The number of benzene rings is 2. The van der Waals surface area contributed by atoms with E-state index in [0.29, 0.717) is 22.2 Å². The quantitative estimate of drug-likeness (QED) is 0.656. The molecule has 128 valence electrons. The maximum Gasteiger partial charge on any atom is 0.245 e. The average molecular weight is 376 g/mol. The van der Waals surface area contributed by atoms with Crippen LogP contribution < -0.4 is 10.3 Å². The van der Waals surface area contributed by atoms with Gasteiger partial charge in [-0.15, -0.1) is 0 Å². The highest BCUT2D eigenvalue weighted by molar-refractivity contribution is 6.43. The van der Waals surface area contributed by atoms with Crippen molar-refractivity contribution in [2.24, 2.45) is 11.0 Å². The molecule has 25 heavy (non-hydrogen) atoms. The molecule has 1 aliphatic heterocycles. The Kier molecular flexibility index (Phi) is 5.36. The predicted octanol–water partition coefficient (Wildman–Crippen LogP) is 3.50. The van der Waals surface area contributed by atoms with Gasteiger partial charge >= 0.3 is 0 Å². The van der Waals surface area contributed by atoms with Gasteiger partial charge in [-0.1, -0.05) is 53.5 Å². The zero-order valence-corrected chi connectivity index (χ0v) is 14.7. The smallest absolute Gasteiger partial charge is 0.245 e. The fourth-order valence-corrected chi connectivity index (χ4v) is 2.97. The number of hydrogen-bond donors (Lipinski definition) is 1. The molecule has 1 heterocycles. The van der Waals surface area contributed by atoms with Crippen molar-refractivity contribution in [3.63, 3.8) is 0 Å². The molecule has 0 spiro atoms. The number of carbonyl (C=O) groups is 2. The Morgan fingerprint density at radius 1 is 1.16 bits per heavy atom. The lowest BCUT2D eigenvalue weighted by molar-refractivity contribution is -0.126. The normalized spacial score (nSPS) is 17.3. The molecular formula is C18H15Cl2N3O2. The summed E-state index contributed by atoms with van der Waals surface area (Å²) >= 11 is 12.0. The van der Waals surface area contributed by atoms with Crippen molar-refractivity contribution < 1.29 is 9.59 Å². The first-order chi connectivity index (χ1) is 12.1. The minimum Gasteiger partial charge on any atom is -0.312 e. The molecule has 5 nitrogen and oxygen atoms in total. The molecule has 3 rings (SSSR count). The number of carbonyl (C=O) groups excluding carboxylic acids is 2. The van der Waals surface area contributed by atoms with Crippen LogP contribution in [-0.4, -0.2) is 24.6 Å². The highest BCUT2D eigenvalue weighted by Gasteiger charge is 2.34. The Bertz CT molecular complexity index is 824. The molecule has 1 fully saturated rings. The molecule has 1 N–H and O–H groups in total. The molecular weight excluding hydrogens is 361 g/mol. The molecule has 0 unspecified atom stereocenters. The summed E-state index contributed by atoms with van der Waals surface area (Å²) in [6.45, 7) is 0.335. The average Bonchev–Trinajstić information content (AvgIpc) is 3.01. The molecule has 0 saturated carbocycles.